The van der Waals surface area contributed by atoms with Gasteiger partial charge in [-0.15, -0.1) is 0 Å². The van der Waals surface area contributed by atoms with Crippen molar-refractivity contribution in [2.75, 3.05) is 13.2 Å². The number of rotatable bonds is 10. The lowest BCUT2D eigenvalue weighted by Crippen LogP contribution is -2.20. The minimum atomic E-state index is -0.953. The number of ether oxygens (including phenoxy) is 2. The van der Waals surface area contributed by atoms with E-state index >= 15 is 0 Å². The summed E-state index contributed by atoms with van der Waals surface area (Å²) in [5.74, 6) is -0.661. The third-order valence-corrected chi connectivity index (χ3v) is 5.13. The van der Waals surface area contributed by atoms with E-state index in [2.05, 4.69) is 6.92 Å². The molecule has 0 bridgehead atoms. The van der Waals surface area contributed by atoms with Crippen molar-refractivity contribution < 1.29 is 18.3 Å². The zero-order chi connectivity index (χ0) is 18.1. The first kappa shape index (κ1) is 20.0. The van der Waals surface area contributed by atoms with Crippen LogP contribution in [-0.2, 0) is 0 Å². The molecule has 1 aromatic rings. The van der Waals surface area contributed by atoms with Gasteiger partial charge in [0.2, 0.25) is 11.6 Å². The van der Waals surface area contributed by atoms with E-state index in [-0.39, 0.29) is 11.5 Å². The lowest BCUT2D eigenvalue weighted by atomic mass is 9.80. The lowest BCUT2D eigenvalue weighted by Gasteiger charge is -2.28. The Morgan fingerprint density at radius 3 is 2.04 bits per heavy atom. The molecule has 0 unspecified atom stereocenters. The molecule has 2 rings (SSSR count). The number of unbranched alkanes of at least 4 members (excludes halogenated alkanes) is 2. The molecular weight excluding hydrogens is 322 g/mol. The Bertz CT molecular complexity index is 511. The molecule has 2 nitrogen and oxygen atoms in total. The second kappa shape index (κ2) is 10.6. The van der Waals surface area contributed by atoms with E-state index in [9.17, 15) is 8.78 Å². The van der Waals surface area contributed by atoms with Crippen LogP contribution >= 0.6 is 0 Å². The van der Waals surface area contributed by atoms with Crippen molar-refractivity contribution >= 4 is 0 Å². The molecule has 0 aliphatic heterocycles. The summed E-state index contributed by atoms with van der Waals surface area (Å²) in [5, 5.41) is 0. The number of hydrogen-bond donors (Lipinski definition) is 0. The van der Waals surface area contributed by atoms with Crippen molar-refractivity contribution in [2.24, 2.45) is 11.8 Å². The predicted octanol–water partition coefficient (Wildman–Crippen LogP) is 6.52. The van der Waals surface area contributed by atoms with E-state index in [0.717, 1.165) is 25.2 Å². The molecule has 0 radical (unpaired) electrons. The summed E-state index contributed by atoms with van der Waals surface area (Å²) in [6.07, 6.45) is 10.7. The summed E-state index contributed by atoms with van der Waals surface area (Å²) < 4.78 is 38.8. The Labute approximate surface area is 150 Å². The highest BCUT2D eigenvalue weighted by atomic mass is 19.2. The van der Waals surface area contributed by atoms with Crippen molar-refractivity contribution in [1.29, 1.82) is 0 Å². The first-order valence-electron chi connectivity index (χ1n) is 9.89. The van der Waals surface area contributed by atoms with Gasteiger partial charge in [-0.25, -0.2) is 0 Å². The fourth-order valence-corrected chi connectivity index (χ4v) is 3.53. The Hall–Kier alpha value is -1.32. The summed E-state index contributed by atoms with van der Waals surface area (Å²) in [7, 11) is 0. The summed E-state index contributed by atoms with van der Waals surface area (Å²) in [6.45, 7) is 4.99. The van der Waals surface area contributed by atoms with Crippen LogP contribution in [0, 0.1) is 23.5 Å². The normalized spacial score (nSPS) is 20.5. The fraction of sp³-hybridized carbons (Fsp3) is 0.714. The van der Waals surface area contributed by atoms with Crippen molar-refractivity contribution in [2.45, 2.75) is 71.6 Å². The van der Waals surface area contributed by atoms with Gasteiger partial charge in [0, 0.05) is 0 Å². The second-order valence-electron chi connectivity index (χ2n) is 7.23. The van der Waals surface area contributed by atoms with Gasteiger partial charge >= 0.3 is 0 Å². The van der Waals surface area contributed by atoms with Gasteiger partial charge in [-0.2, -0.15) is 8.78 Å². The molecule has 1 fully saturated rings. The molecular formula is C21H32F2O2. The van der Waals surface area contributed by atoms with E-state index in [1.807, 2.05) is 6.92 Å². The SMILES string of the molecule is CCCCCC1CCC(COc2ccc(OCCC)c(F)c2F)CC1. The third kappa shape index (κ3) is 6.16. The molecule has 1 aliphatic carbocycles. The Balaban J connectivity index is 1.77. The van der Waals surface area contributed by atoms with Crippen LogP contribution in [0.1, 0.15) is 71.6 Å². The molecule has 0 saturated heterocycles. The maximum Gasteiger partial charge on any atom is 0.204 e. The van der Waals surface area contributed by atoms with Gasteiger partial charge in [-0.3, -0.25) is 0 Å². The standard InChI is InChI=1S/C21H32F2O2/c1-3-5-6-7-16-8-10-17(11-9-16)15-25-19-13-12-18(24-14-4-2)20(22)21(19)23/h12-13,16-17H,3-11,14-15H2,1-2H3. The van der Waals surface area contributed by atoms with Gasteiger partial charge in [-0.05, 0) is 43.2 Å². The molecule has 25 heavy (non-hydrogen) atoms. The first-order valence-corrected chi connectivity index (χ1v) is 9.89. The van der Waals surface area contributed by atoms with Gasteiger partial charge in [-0.1, -0.05) is 52.4 Å². The topological polar surface area (TPSA) is 18.5 Å². The molecule has 1 saturated carbocycles. The van der Waals surface area contributed by atoms with Crippen molar-refractivity contribution in [3.05, 3.63) is 23.8 Å². The maximum atomic E-state index is 14.1. The van der Waals surface area contributed by atoms with E-state index in [1.54, 1.807) is 0 Å². The van der Waals surface area contributed by atoms with Crippen LogP contribution in [0.5, 0.6) is 11.5 Å². The fourth-order valence-electron chi connectivity index (χ4n) is 3.53. The minimum absolute atomic E-state index is 0.00795. The van der Waals surface area contributed by atoms with Gasteiger partial charge in [0.1, 0.15) is 0 Å². The van der Waals surface area contributed by atoms with Crippen molar-refractivity contribution in [1.82, 2.24) is 0 Å². The van der Waals surface area contributed by atoms with Crippen LogP contribution in [0.15, 0.2) is 12.1 Å². The molecule has 0 aromatic heterocycles. The quantitative estimate of drug-likeness (QED) is 0.445. The molecule has 0 spiro atoms. The highest BCUT2D eigenvalue weighted by Gasteiger charge is 2.22. The monoisotopic (exact) mass is 354 g/mol. The average molecular weight is 354 g/mol. The molecule has 0 heterocycles. The van der Waals surface area contributed by atoms with Gasteiger partial charge in [0.15, 0.2) is 11.5 Å². The third-order valence-electron chi connectivity index (χ3n) is 5.13. The number of halogens is 2. The average Bonchev–Trinajstić information content (AvgIpc) is 2.63. The van der Waals surface area contributed by atoms with Crippen LogP contribution in [-0.4, -0.2) is 13.2 Å². The summed E-state index contributed by atoms with van der Waals surface area (Å²) in [4.78, 5) is 0. The summed E-state index contributed by atoms with van der Waals surface area (Å²) in [6, 6.07) is 2.92. The van der Waals surface area contributed by atoms with Crippen LogP contribution in [0.4, 0.5) is 8.78 Å². The summed E-state index contributed by atoms with van der Waals surface area (Å²) in [5.41, 5.74) is 0. The summed E-state index contributed by atoms with van der Waals surface area (Å²) >= 11 is 0. The number of benzene rings is 1. The number of hydrogen-bond acceptors (Lipinski definition) is 2. The molecule has 1 aliphatic rings. The van der Waals surface area contributed by atoms with E-state index in [0.29, 0.717) is 19.1 Å². The molecule has 0 N–H and O–H groups in total. The van der Waals surface area contributed by atoms with Gasteiger partial charge in [0.05, 0.1) is 13.2 Å². The van der Waals surface area contributed by atoms with Crippen molar-refractivity contribution in [3.8, 4) is 11.5 Å². The van der Waals surface area contributed by atoms with Crippen molar-refractivity contribution in [3.63, 3.8) is 0 Å². The zero-order valence-corrected chi connectivity index (χ0v) is 15.7. The lowest BCUT2D eigenvalue weighted by molar-refractivity contribution is 0.172. The zero-order valence-electron chi connectivity index (χ0n) is 15.7. The Morgan fingerprint density at radius 2 is 1.44 bits per heavy atom. The van der Waals surface area contributed by atoms with E-state index in [4.69, 9.17) is 9.47 Å². The Kier molecular flexibility index (Phi) is 8.50. The molecule has 0 atom stereocenters. The minimum Gasteiger partial charge on any atom is -0.490 e. The molecule has 4 heteroatoms. The highest BCUT2D eigenvalue weighted by Crippen LogP contribution is 2.33. The van der Waals surface area contributed by atoms with Crippen LogP contribution in [0.25, 0.3) is 0 Å². The smallest absolute Gasteiger partial charge is 0.204 e. The van der Waals surface area contributed by atoms with Gasteiger partial charge < -0.3 is 9.47 Å². The molecule has 1 aromatic carbocycles. The Morgan fingerprint density at radius 1 is 0.840 bits per heavy atom. The second-order valence-corrected chi connectivity index (χ2v) is 7.23. The van der Waals surface area contributed by atoms with Crippen LogP contribution in [0.2, 0.25) is 0 Å². The maximum absolute atomic E-state index is 14.1. The largest absolute Gasteiger partial charge is 0.490 e. The predicted molar refractivity (Wildman–Crippen MR) is 97.2 cm³/mol. The molecule has 142 valence electrons. The first-order chi connectivity index (χ1) is 12.2. The van der Waals surface area contributed by atoms with Crippen LogP contribution < -0.4 is 9.47 Å². The highest BCUT2D eigenvalue weighted by molar-refractivity contribution is 5.35. The van der Waals surface area contributed by atoms with Crippen LogP contribution in [0.3, 0.4) is 0 Å². The van der Waals surface area contributed by atoms with Gasteiger partial charge in [0.25, 0.3) is 0 Å². The molecule has 0 amide bonds. The van der Waals surface area contributed by atoms with E-state index in [1.165, 1.54) is 50.7 Å². The van der Waals surface area contributed by atoms with E-state index < -0.39 is 11.6 Å².